The van der Waals surface area contributed by atoms with E-state index in [1.54, 1.807) is 127 Å². The number of benzene rings is 5. The molecule has 0 fully saturated rings. The predicted molar refractivity (Wildman–Crippen MR) is 212 cm³/mol. The van der Waals surface area contributed by atoms with Gasteiger partial charge in [0.05, 0.1) is 0 Å². The van der Waals surface area contributed by atoms with Crippen molar-refractivity contribution in [1.29, 1.82) is 0 Å². The largest absolute Gasteiger partial charge is 0.459 e. The minimum atomic E-state index is -1.62. The van der Waals surface area contributed by atoms with E-state index in [1.807, 2.05) is 24.3 Å². The van der Waals surface area contributed by atoms with Gasteiger partial charge in [0.15, 0.2) is 0 Å². The predicted octanol–water partition coefficient (Wildman–Crippen LogP) is 5.48. The molecule has 0 atom stereocenters. The van der Waals surface area contributed by atoms with E-state index in [9.17, 15) is 28.8 Å². The standard InChI is InChI=1S/C46H44N2O10/c49-41(55-31-36-18-8-2-9-19-36)27-47(28-42(50)56-32-37-20-10-3-11-21-37)45(53)40(26-35-16-6-1-7-17-35)46(54)48(29-43(51)57-33-38-22-12-4-13-23-38)30-44(52)58-34-39-24-14-5-15-25-39/h1-25,40H,26-34H2. The smallest absolute Gasteiger partial charge is 0.325 e. The lowest BCUT2D eigenvalue weighted by molar-refractivity contribution is -0.162. The van der Waals surface area contributed by atoms with Crippen LogP contribution < -0.4 is 0 Å². The Bertz CT molecular complexity index is 1840. The lowest BCUT2D eigenvalue weighted by Gasteiger charge is -2.29. The number of hydrogen-bond acceptors (Lipinski definition) is 10. The summed E-state index contributed by atoms with van der Waals surface area (Å²) >= 11 is 0. The summed E-state index contributed by atoms with van der Waals surface area (Å²) in [5.74, 6) is -6.84. The molecule has 298 valence electrons. The van der Waals surface area contributed by atoms with Crippen LogP contribution in [0.15, 0.2) is 152 Å². The lowest BCUT2D eigenvalue weighted by atomic mass is 9.96. The highest BCUT2D eigenvalue weighted by Crippen LogP contribution is 2.18. The number of carbonyl (C=O) groups is 6. The van der Waals surface area contributed by atoms with E-state index < -0.39 is 67.8 Å². The summed E-state index contributed by atoms with van der Waals surface area (Å²) in [7, 11) is 0. The molecule has 0 heterocycles. The molecule has 0 aliphatic heterocycles. The molecule has 12 heteroatoms. The molecule has 0 radical (unpaired) electrons. The Balaban J connectivity index is 1.40. The minimum Gasteiger partial charge on any atom is -0.459 e. The molecule has 0 saturated carbocycles. The Morgan fingerprint density at radius 1 is 0.345 bits per heavy atom. The Morgan fingerprint density at radius 2 is 0.569 bits per heavy atom. The van der Waals surface area contributed by atoms with Crippen LogP contribution in [0.5, 0.6) is 0 Å². The maximum Gasteiger partial charge on any atom is 0.325 e. The molecule has 0 unspecified atom stereocenters. The highest BCUT2D eigenvalue weighted by molar-refractivity contribution is 6.03. The molecule has 58 heavy (non-hydrogen) atoms. The fourth-order valence-corrected chi connectivity index (χ4v) is 5.75. The first-order valence-electron chi connectivity index (χ1n) is 18.6. The molecule has 0 bridgehead atoms. The quantitative estimate of drug-likeness (QED) is 0.0566. The fraction of sp³-hybridized carbons (Fsp3) is 0.217. The maximum absolute atomic E-state index is 14.6. The number of rotatable bonds is 20. The van der Waals surface area contributed by atoms with Crippen molar-refractivity contribution in [1.82, 2.24) is 9.80 Å². The first-order valence-corrected chi connectivity index (χ1v) is 18.6. The number of ether oxygens (including phenoxy) is 4. The second kappa shape index (κ2) is 22.5. The van der Waals surface area contributed by atoms with Gasteiger partial charge in [0.2, 0.25) is 11.8 Å². The third-order valence-corrected chi connectivity index (χ3v) is 8.75. The van der Waals surface area contributed by atoms with Crippen LogP contribution >= 0.6 is 0 Å². The lowest BCUT2D eigenvalue weighted by Crippen LogP contribution is -2.51. The van der Waals surface area contributed by atoms with E-state index >= 15 is 0 Å². The molecule has 0 saturated heterocycles. The van der Waals surface area contributed by atoms with Gasteiger partial charge in [-0.25, -0.2) is 0 Å². The van der Waals surface area contributed by atoms with E-state index in [0.29, 0.717) is 27.8 Å². The normalized spacial score (nSPS) is 10.6. The Labute approximate surface area is 336 Å². The van der Waals surface area contributed by atoms with Crippen molar-refractivity contribution in [3.63, 3.8) is 0 Å². The summed E-state index contributed by atoms with van der Waals surface area (Å²) < 4.78 is 21.8. The van der Waals surface area contributed by atoms with Gasteiger partial charge < -0.3 is 28.7 Å². The van der Waals surface area contributed by atoms with Gasteiger partial charge in [0.1, 0.15) is 58.5 Å². The second-order valence-corrected chi connectivity index (χ2v) is 13.2. The molecule has 0 N–H and O–H groups in total. The summed E-state index contributed by atoms with van der Waals surface area (Å²) in [6.07, 6.45) is -0.207. The highest BCUT2D eigenvalue weighted by atomic mass is 16.5. The molecule has 0 spiro atoms. The van der Waals surface area contributed by atoms with Crippen molar-refractivity contribution in [2.45, 2.75) is 32.8 Å². The third kappa shape index (κ3) is 14.2. The number of amides is 2. The molecule has 5 aromatic rings. The molecule has 0 aromatic heterocycles. The molecule has 0 aliphatic rings. The molecule has 2 amide bonds. The van der Waals surface area contributed by atoms with E-state index in [1.165, 1.54) is 0 Å². The van der Waals surface area contributed by atoms with E-state index in [-0.39, 0.29) is 32.8 Å². The summed E-state index contributed by atoms with van der Waals surface area (Å²) in [6, 6.07) is 44.2. The van der Waals surface area contributed by atoms with Crippen LogP contribution in [0.4, 0.5) is 0 Å². The van der Waals surface area contributed by atoms with Crippen molar-refractivity contribution in [3.05, 3.63) is 179 Å². The zero-order valence-electron chi connectivity index (χ0n) is 31.9. The molecule has 12 nitrogen and oxygen atoms in total. The van der Waals surface area contributed by atoms with Crippen molar-refractivity contribution < 1.29 is 47.7 Å². The molecular weight excluding hydrogens is 741 g/mol. The van der Waals surface area contributed by atoms with Gasteiger partial charge in [-0.3, -0.25) is 28.8 Å². The van der Waals surface area contributed by atoms with Crippen molar-refractivity contribution in [2.24, 2.45) is 5.92 Å². The van der Waals surface area contributed by atoms with Gasteiger partial charge >= 0.3 is 23.9 Å². The number of carbonyl (C=O) groups excluding carboxylic acids is 6. The first-order chi connectivity index (χ1) is 28.2. The number of nitrogens with zero attached hydrogens (tertiary/aromatic N) is 2. The minimum absolute atomic E-state index is 0.101. The molecular formula is C46H44N2O10. The summed E-state index contributed by atoms with van der Waals surface area (Å²) in [4.78, 5) is 84.1. The summed E-state index contributed by atoms with van der Waals surface area (Å²) in [6.45, 7) is -3.22. The van der Waals surface area contributed by atoms with Crippen LogP contribution in [0.1, 0.15) is 27.8 Å². The van der Waals surface area contributed by atoms with Gasteiger partial charge in [0, 0.05) is 0 Å². The monoisotopic (exact) mass is 784 g/mol. The van der Waals surface area contributed by atoms with Crippen molar-refractivity contribution >= 4 is 35.7 Å². The number of hydrogen-bond donors (Lipinski definition) is 0. The van der Waals surface area contributed by atoms with Crippen molar-refractivity contribution in [2.75, 3.05) is 26.2 Å². The second-order valence-electron chi connectivity index (χ2n) is 13.2. The number of esters is 4. The van der Waals surface area contributed by atoms with Crippen LogP contribution in [0.25, 0.3) is 0 Å². The first kappa shape index (κ1) is 42.1. The maximum atomic E-state index is 14.6. The van der Waals surface area contributed by atoms with E-state index in [0.717, 1.165) is 9.80 Å². The summed E-state index contributed by atoms with van der Waals surface area (Å²) in [5, 5.41) is 0. The highest BCUT2D eigenvalue weighted by Gasteiger charge is 2.37. The zero-order chi connectivity index (χ0) is 41.0. The molecule has 5 rings (SSSR count). The average molecular weight is 785 g/mol. The fourth-order valence-electron chi connectivity index (χ4n) is 5.75. The van der Waals surface area contributed by atoms with Crippen LogP contribution in [0.2, 0.25) is 0 Å². The Morgan fingerprint density at radius 3 is 0.810 bits per heavy atom. The molecule has 0 aliphatic carbocycles. The average Bonchev–Trinajstić information content (AvgIpc) is 3.26. The Kier molecular flexibility index (Phi) is 16.3. The van der Waals surface area contributed by atoms with Crippen LogP contribution in [-0.2, 0) is 80.6 Å². The topological polar surface area (TPSA) is 146 Å². The van der Waals surface area contributed by atoms with Crippen molar-refractivity contribution in [3.8, 4) is 0 Å². The van der Waals surface area contributed by atoms with Gasteiger partial charge in [-0.05, 0) is 34.2 Å². The van der Waals surface area contributed by atoms with E-state index in [4.69, 9.17) is 18.9 Å². The van der Waals surface area contributed by atoms with Gasteiger partial charge in [-0.15, -0.1) is 0 Å². The zero-order valence-corrected chi connectivity index (χ0v) is 31.9. The molecule has 5 aromatic carbocycles. The van der Waals surface area contributed by atoms with Crippen LogP contribution in [-0.4, -0.2) is 71.7 Å². The summed E-state index contributed by atoms with van der Waals surface area (Å²) in [5.41, 5.74) is 3.35. The van der Waals surface area contributed by atoms with Gasteiger partial charge in [-0.2, -0.15) is 0 Å². The van der Waals surface area contributed by atoms with Crippen LogP contribution in [0.3, 0.4) is 0 Å². The Hall–Kier alpha value is -7.08. The third-order valence-electron chi connectivity index (χ3n) is 8.75. The SMILES string of the molecule is O=C(CN(CC(=O)OCc1ccccc1)C(=O)C(Cc1ccccc1)C(=O)N(CC(=O)OCc1ccccc1)CC(=O)OCc1ccccc1)OCc1ccccc1. The van der Waals surface area contributed by atoms with Gasteiger partial charge in [0.25, 0.3) is 0 Å². The van der Waals surface area contributed by atoms with Gasteiger partial charge in [-0.1, -0.05) is 152 Å². The van der Waals surface area contributed by atoms with E-state index in [2.05, 4.69) is 0 Å². The van der Waals surface area contributed by atoms with Crippen LogP contribution in [0, 0.1) is 5.92 Å².